The molecule has 1 aromatic rings. The minimum atomic E-state index is -4.21. The fourth-order valence-corrected chi connectivity index (χ4v) is 2.28. The van der Waals surface area contributed by atoms with Crippen LogP contribution in [0.25, 0.3) is 0 Å². The van der Waals surface area contributed by atoms with E-state index >= 15 is 0 Å². The first-order valence-electron chi connectivity index (χ1n) is 5.24. The van der Waals surface area contributed by atoms with E-state index in [1.54, 1.807) is 0 Å². The van der Waals surface area contributed by atoms with E-state index in [1.807, 2.05) is 6.92 Å². The molecule has 15 heavy (non-hydrogen) atoms. The van der Waals surface area contributed by atoms with Gasteiger partial charge in [-0.15, -0.1) is 0 Å². The summed E-state index contributed by atoms with van der Waals surface area (Å²) < 4.78 is 37.7. The minimum Gasteiger partial charge on any atom is -0.166 e. The van der Waals surface area contributed by atoms with Crippen LogP contribution < -0.4 is 0 Å². The molecular formula is C12H13F3. The quantitative estimate of drug-likeness (QED) is 0.667. The maximum Gasteiger partial charge on any atom is 0.416 e. The van der Waals surface area contributed by atoms with E-state index in [2.05, 4.69) is 0 Å². The second-order valence-electron chi connectivity index (χ2n) is 3.98. The van der Waals surface area contributed by atoms with Crippen molar-refractivity contribution >= 4 is 0 Å². The highest BCUT2D eigenvalue weighted by Crippen LogP contribution is 2.35. The summed E-state index contributed by atoms with van der Waals surface area (Å²) in [5, 5.41) is 0. The number of halogens is 3. The van der Waals surface area contributed by atoms with E-state index < -0.39 is 11.7 Å². The maximum atomic E-state index is 12.6. The second-order valence-corrected chi connectivity index (χ2v) is 3.98. The Morgan fingerprint density at radius 1 is 1.20 bits per heavy atom. The van der Waals surface area contributed by atoms with Crippen LogP contribution in [-0.2, 0) is 25.4 Å². The van der Waals surface area contributed by atoms with Crippen LogP contribution in [0, 0.1) is 0 Å². The molecule has 0 heterocycles. The Bertz CT molecular complexity index is 377. The lowest BCUT2D eigenvalue weighted by atomic mass is 9.98. The van der Waals surface area contributed by atoms with Crippen molar-refractivity contribution in [2.24, 2.45) is 0 Å². The highest BCUT2D eigenvalue weighted by molar-refractivity contribution is 5.43. The maximum absolute atomic E-state index is 12.6. The lowest BCUT2D eigenvalue weighted by Gasteiger charge is -2.12. The van der Waals surface area contributed by atoms with Crippen LogP contribution in [0.5, 0.6) is 0 Å². The Labute approximate surface area is 87.1 Å². The second kappa shape index (κ2) is 3.54. The SMILES string of the molecule is CCc1cc(C(F)(F)F)cc2c1CCC2. The van der Waals surface area contributed by atoms with Crippen LogP contribution in [-0.4, -0.2) is 0 Å². The van der Waals surface area contributed by atoms with Crippen molar-refractivity contribution in [3.63, 3.8) is 0 Å². The molecule has 0 unspecified atom stereocenters. The largest absolute Gasteiger partial charge is 0.416 e. The van der Waals surface area contributed by atoms with Crippen molar-refractivity contribution < 1.29 is 13.2 Å². The number of aryl methyl sites for hydroxylation is 2. The smallest absolute Gasteiger partial charge is 0.166 e. The molecule has 0 N–H and O–H groups in total. The zero-order valence-corrected chi connectivity index (χ0v) is 8.62. The molecule has 0 bridgehead atoms. The molecule has 0 fully saturated rings. The Kier molecular flexibility index (Phi) is 2.49. The molecule has 0 amide bonds. The van der Waals surface area contributed by atoms with Crippen LogP contribution in [0.1, 0.15) is 35.6 Å². The molecule has 3 heteroatoms. The molecule has 0 atom stereocenters. The van der Waals surface area contributed by atoms with E-state index in [9.17, 15) is 13.2 Å². The van der Waals surface area contributed by atoms with Gasteiger partial charge in [-0.2, -0.15) is 13.2 Å². The van der Waals surface area contributed by atoms with Gasteiger partial charge in [-0.05, 0) is 54.5 Å². The van der Waals surface area contributed by atoms with Gasteiger partial charge < -0.3 is 0 Å². The monoisotopic (exact) mass is 214 g/mol. The summed E-state index contributed by atoms with van der Waals surface area (Å²) in [4.78, 5) is 0. The van der Waals surface area contributed by atoms with Gasteiger partial charge in [0, 0.05) is 0 Å². The average Bonchev–Trinajstić information content (AvgIpc) is 2.62. The number of rotatable bonds is 1. The van der Waals surface area contributed by atoms with Crippen molar-refractivity contribution in [2.75, 3.05) is 0 Å². The number of hydrogen-bond acceptors (Lipinski definition) is 0. The number of hydrogen-bond donors (Lipinski definition) is 0. The first-order chi connectivity index (χ1) is 7.02. The van der Waals surface area contributed by atoms with Gasteiger partial charge >= 0.3 is 6.18 Å². The van der Waals surface area contributed by atoms with Crippen molar-refractivity contribution in [3.05, 3.63) is 34.4 Å². The Balaban J connectivity index is 2.53. The van der Waals surface area contributed by atoms with Crippen LogP contribution in [0.15, 0.2) is 12.1 Å². The molecule has 0 spiro atoms. The van der Waals surface area contributed by atoms with Crippen LogP contribution in [0.4, 0.5) is 13.2 Å². The molecule has 0 radical (unpaired) electrons. The van der Waals surface area contributed by atoms with Gasteiger partial charge in [-0.1, -0.05) is 6.92 Å². The van der Waals surface area contributed by atoms with Crippen molar-refractivity contribution in [3.8, 4) is 0 Å². The van der Waals surface area contributed by atoms with Gasteiger partial charge in [0.05, 0.1) is 5.56 Å². The normalized spacial score (nSPS) is 15.5. The molecule has 0 nitrogen and oxygen atoms in total. The van der Waals surface area contributed by atoms with Gasteiger partial charge in [0.1, 0.15) is 0 Å². The number of fused-ring (bicyclic) bond motifs is 1. The average molecular weight is 214 g/mol. The Morgan fingerprint density at radius 2 is 1.93 bits per heavy atom. The lowest BCUT2D eigenvalue weighted by Crippen LogP contribution is -2.07. The summed E-state index contributed by atoms with van der Waals surface area (Å²) in [5.74, 6) is 0. The predicted molar refractivity (Wildman–Crippen MR) is 52.8 cm³/mol. The third-order valence-electron chi connectivity index (χ3n) is 3.02. The van der Waals surface area contributed by atoms with Gasteiger partial charge in [-0.3, -0.25) is 0 Å². The fourth-order valence-electron chi connectivity index (χ4n) is 2.28. The first-order valence-corrected chi connectivity index (χ1v) is 5.24. The van der Waals surface area contributed by atoms with Gasteiger partial charge in [0.25, 0.3) is 0 Å². The predicted octanol–water partition coefficient (Wildman–Crippen LogP) is 3.76. The lowest BCUT2D eigenvalue weighted by molar-refractivity contribution is -0.137. The van der Waals surface area contributed by atoms with Crippen LogP contribution in [0.3, 0.4) is 0 Å². The summed E-state index contributed by atoms with van der Waals surface area (Å²) in [7, 11) is 0. The summed E-state index contributed by atoms with van der Waals surface area (Å²) in [5.41, 5.74) is 2.45. The zero-order chi connectivity index (χ0) is 11.1. The van der Waals surface area contributed by atoms with Gasteiger partial charge in [0.15, 0.2) is 0 Å². The topological polar surface area (TPSA) is 0 Å². The summed E-state index contributed by atoms with van der Waals surface area (Å²) in [6.07, 6.45) is -0.791. The van der Waals surface area contributed by atoms with Crippen molar-refractivity contribution in [2.45, 2.75) is 38.8 Å². The molecule has 0 saturated heterocycles. The molecule has 0 aromatic heterocycles. The first kappa shape index (κ1) is 10.5. The highest BCUT2D eigenvalue weighted by Gasteiger charge is 2.32. The van der Waals surface area contributed by atoms with Crippen molar-refractivity contribution in [1.29, 1.82) is 0 Å². The van der Waals surface area contributed by atoms with Crippen LogP contribution in [0.2, 0.25) is 0 Å². The van der Waals surface area contributed by atoms with Crippen molar-refractivity contribution in [1.82, 2.24) is 0 Å². The fraction of sp³-hybridized carbons (Fsp3) is 0.500. The zero-order valence-electron chi connectivity index (χ0n) is 8.62. The van der Waals surface area contributed by atoms with E-state index in [0.717, 1.165) is 36.0 Å². The molecule has 0 saturated carbocycles. The number of benzene rings is 1. The van der Waals surface area contributed by atoms with E-state index in [-0.39, 0.29) is 0 Å². The molecule has 2 rings (SSSR count). The molecule has 82 valence electrons. The molecule has 1 aliphatic rings. The van der Waals surface area contributed by atoms with E-state index in [1.165, 1.54) is 12.1 Å². The molecule has 0 aliphatic heterocycles. The number of alkyl halides is 3. The third kappa shape index (κ3) is 1.87. The minimum absolute atomic E-state index is 0.486. The Morgan fingerprint density at radius 3 is 2.53 bits per heavy atom. The van der Waals surface area contributed by atoms with Gasteiger partial charge in [0.2, 0.25) is 0 Å². The molecule has 1 aromatic carbocycles. The van der Waals surface area contributed by atoms with Crippen LogP contribution >= 0.6 is 0 Å². The molecule has 1 aliphatic carbocycles. The Hall–Kier alpha value is -0.990. The summed E-state index contributed by atoms with van der Waals surface area (Å²) in [6, 6.07) is 2.63. The van der Waals surface area contributed by atoms with Gasteiger partial charge in [-0.25, -0.2) is 0 Å². The van der Waals surface area contributed by atoms with E-state index in [0.29, 0.717) is 6.42 Å². The highest BCUT2D eigenvalue weighted by atomic mass is 19.4. The van der Waals surface area contributed by atoms with E-state index in [4.69, 9.17) is 0 Å². The third-order valence-corrected chi connectivity index (χ3v) is 3.02. The summed E-state index contributed by atoms with van der Waals surface area (Å²) >= 11 is 0. The summed E-state index contributed by atoms with van der Waals surface area (Å²) in [6.45, 7) is 1.91. The molecular weight excluding hydrogens is 201 g/mol. The standard InChI is InChI=1S/C12H13F3/c1-2-8-6-10(12(13,14)15)7-9-4-3-5-11(8)9/h6-7H,2-5H2,1H3.